The van der Waals surface area contributed by atoms with Crippen molar-refractivity contribution in [1.29, 1.82) is 0 Å². The Morgan fingerprint density at radius 2 is 2.06 bits per heavy atom. The highest BCUT2D eigenvalue weighted by atomic mass is 79.9. The number of aromatic nitrogens is 2. The molecule has 0 N–H and O–H groups in total. The number of aldehydes is 1. The molecule has 0 aliphatic carbocycles. The number of para-hydroxylation sites is 1. The molecule has 0 aliphatic heterocycles. The number of hydrogen-bond acceptors (Lipinski definition) is 3. The van der Waals surface area contributed by atoms with Gasteiger partial charge in [0.05, 0.1) is 17.4 Å². The monoisotopic (exact) mass is 296 g/mol. The zero-order chi connectivity index (χ0) is 12.6. The second-order valence-electron chi connectivity index (χ2n) is 3.56. The van der Waals surface area contributed by atoms with Crippen LogP contribution in [0.5, 0.6) is 0 Å². The fraction of sp³-hybridized carbons (Fsp3) is 0.182. The lowest BCUT2D eigenvalue weighted by atomic mass is 10.2. The molecule has 88 valence electrons. The van der Waals surface area contributed by atoms with Gasteiger partial charge in [0.1, 0.15) is 6.29 Å². The van der Waals surface area contributed by atoms with E-state index in [2.05, 4.69) is 15.9 Å². The van der Waals surface area contributed by atoms with Crippen molar-refractivity contribution in [3.8, 4) is 0 Å². The van der Waals surface area contributed by atoms with Crippen LogP contribution < -0.4 is 11.2 Å². The predicted octanol–water partition coefficient (Wildman–Crippen LogP) is 0.662. The van der Waals surface area contributed by atoms with Gasteiger partial charge in [-0.1, -0.05) is 6.07 Å². The van der Waals surface area contributed by atoms with Crippen LogP contribution in [0.4, 0.5) is 0 Å². The number of aryl methyl sites for hydroxylation is 1. The Bertz CT molecular complexity index is 715. The normalized spacial score (nSPS) is 10.7. The van der Waals surface area contributed by atoms with E-state index in [4.69, 9.17) is 0 Å². The highest BCUT2D eigenvalue weighted by Gasteiger charge is 2.11. The highest BCUT2D eigenvalue weighted by Crippen LogP contribution is 2.19. The van der Waals surface area contributed by atoms with Gasteiger partial charge in [-0.3, -0.25) is 13.9 Å². The highest BCUT2D eigenvalue weighted by molar-refractivity contribution is 9.10. The maximum Gasteiger partial charge on any atom is 0.331 e. The molecule has 5 nitrogen and oxygen atoms in total. The Morgan fingerprint density at radius 1 is 1.35 bits per heavy atom. The van der Waals surface area contributed by atoms with E-state index < -0.39 is 11.2 Å². The van der Waals surface area contributed by atoms with E-state index in [9.17, 15) is 14.4 Å². The summed E-state index contributed by atoms with van der Waals surface area (Å²) < 4.78 is 2.94. The summed E-state index contributed by atoms with van der Waals surface area (Å²) in [6, 6.07) is 5.10. The molecule has 0 spiro atoms. The molecule has 0 amide bonds. The van der Waals surface area contributed by atoms with Gasteiger partial charge in [-0.05, 0) is 28.1 Å². The van der Waals surface area contributed by atoms with Crippen molar-refractivity contribution in [2.75, 3.05) is 0 Å². The number of fused-ring (bicyclic) bond motifs is 1. The third-order valence-electron chi connectivity index (χ3n) is 2.57. The van der Waals surface area contributed by atoms with Crippen LogP contribution in [0.1, 0.15) is 0 Å². The maximum atomic E-state index is 12.0. The molecule has 1 heterocycles. The minimum Gasteiger partial charge on any atom is -0.301 e. The molecule has 0 saturated heterocycles. The van der Waals surface area contributed by atoms with Crippen molar-refractivity contribution >= 4 is 33.1 Å². The van der Waals surface area contributed by atoms with Gasteiger partial charge in [0.15, 0.2) is 0 Å². The fourth-order valence-electron chi connectivity index (χ4n) is 1.77. The van der Waals surface area contributed by atoms with Gasteiger partial charge in [-0.2, -0.15) is 0 Å². The first-order valence-corrected chi connectivity index (χ1v) is 5.69. The van der Waals surface area contributed by atoms with Gasteiger partial charge in [0.2, 0.25) is 0 Å². The molecule has 0 fully saturated rings. The first-order chi connectivity index (χ1) is 8.07. The van der Waals surface area contributed by atoms with Crippen LogP contribution >= 0.6 is 15.9 Å². The summed E-state index contributed by atoms with van der Waals surface area (Å²) in [7, 11) is 1.57. The van der Waals surface area contributed by atoms with Crippen LogP contribution in [0, 0.1) is 0 Å². The zero-order valence-electron chi connectivity index (χ0n) is 9.01. The summed E-state index contributed by atoms with van der Waals surface area (Å²) in [6.07, 6.45) is 0.534. The van der Waals surface area contributed by atoms with Gasteiger partial charge < -0.3 is 4.79 Å². The molecule has 2 aromatic rings. The van der Waals surface area contributed by atoms with Crippen LogP contribution in [0.15, 0.2) is 32.3 Å². The Hall–Kier alpha value is -1.69. The van der Waals surface area contributed by atoms with Crippen LogP contribution in [0.25, 0.3) is 10.9 Å². The lowest BCUT2D eigenvalue weighted by Crippen LogP contribution is -2.39. The van der Waals surface area contributed by atoms with E-state index >= 15 is 0 Å². The van der Waals surface area contributed by atoms with Gasteiger partial charge in [-0.15, -0.1) is 0 Å². The SMILES string of the molecule is Cn1c(=O)n(CC=O)c(=O)c2cccc(Br)c21. The molecule has 0 aliphatic rings. The third-order valence-corrected chi connectivity index (χ3v) is 3.21. The van der Waals surface area contributed by atoms with E-state index in [1.165, 1.54) is 4.57 Å². The van der Waals surface area contributed by atoms with Gasteiger partial charge in [0, 0.05) is 11.5 Å². The second-order valence-corrected chi connectivity index (χ2v) is 4.41. The summed E-state index contributed by atoms with van der Waals surface area (Å²) in [5.41, 5.74) is -0.414. The molecular weight excluding hydrogens is 288 g/mol. The number of carbonyl (C=O) groups is 1. The summed E-state index contributed by atoms with van der Waals surface area (Å²) in [5, 5.41) is 0.406. The van der Waals surface area contributed by atoms with Crippen molar-refractivity contribution in [3.05, 3.63) is 43.5 Å². The van der Waals surface area contributed by atoms with Crippen molar-refractivity contribution in [1.82, 2.24) is 9.13 Å². The molecule has 2 rings (SSSR count). The minimum absolute atomic E-state index is 0.228. The van der Waals surface area contributed by atoms with Crippen molar-refractivity contribution in [2.45, 2.75) is 6.54 Å². The Labute approximate surface area is 104 Å². The molecule has 1 aromatic carbocycles. The quantitative estimate of drug-likeness (QED) is 0.765. The zero-order valence-corrected chi connectivity index (χ0v) is 10.6. The van der Waals surface area contributed by atoms with Crippen LogP contribution in [-0.4, -0.2) is 15.4 Å². The van der Waals surface area contributed by atoms with E-state index in [0.717, 1.165) is 4.57 Å². The summed E-state index contributed by atoms with van der Waals surface area (Å²) in [6.45, 7) is -0.228. The number of rotatable bonds is 2. The number of carbonyl (C=O) groups excluding carboxylic acids is 1. The Kier molecular flexibility index (Phi) is 2.97. The molecule has 0 bridgehead atoms. The molecule has 1 aromatic heterocycles. The topological polar surface area (TPSA) is 61.1 Å². The van der Waals surface area contributed by atoms with E-state index in [1.54, 1.807) is 25.2 Å². The third kappa shape index (κ3) is 1.74. The Morgan fingerprint density at radius 3 is 2.71 bits per heavy atom. The summed E-state index contributed by atoms with van der Waals surface area (Å²) in [5.74, 6) is 0. The van der Waals surface area contributed by atoms with Crippen LogP contribution in [-0.2, 0) is 18.4 Å². The first kappa shape index (κ1) is 11.8. The van der Waals surface area contributed by atoms with Crippen molar-refractivity contribution in [2.24, 2.45) is 7.05 Å². The van der Waals surface area contributed by atoms with Gasteiger partial charge in [-0.25, -0.2) is 4.79 Å². The molecule has 0 saturated carbocycles. The van der Waals surface area contributed by atoms with E-state index in [1.807, 2.05) is 0 Å². The smallest absolute Gasteiger partial charge is 0.301 e. The maximum absolute atomic E-state index is 12.0. The number of hydrogen-bond donors (Lipinski definition) is 0. The molecular formula is C11H9BrN2O3. The summed E-state index contributed by atoms with van der Waals surface area (Å²) >= 11 is 3.30. The number of benzene rings is 1. The number of halogens is 1. The van der Waals surface area contributed by atoms with Crippen molar-refractivity contribution in [3.63, 3.8) is 0 Å². The van der Waals surface area contributed by atoms with Crippen LogP contribution in [0.2, 0.25) is 0 Å². The number of nitrogens with zero attached hydrogens (tertiary/aromatic N) is 2. The first-order valence-electron chi connectivity index (χ1n) is 4.89. The standard InChI is InChI=1S/C11H9BrN2O3/c1-13-9-7(3-2-4-8(9)12)10(16)14(5-6-15)11(13)17/h2-4,6H,5H2,1H3. The average molecular weight is 297 g/mol. The van der Waals surface area contributed by atoms with E-state index in [0.29, 0.717) is 21.7 Å². The summed E-state index contributed by atoms with van der Waals surface area (Å²) in [4.78, 5) is 34.4. The second kappa shape index (κ2) is 4.29. The lowest BCUT2D eigenvalue weighted by Gasteiger charge is -2.09. The van der Waals surface area contributed by atoms with Gasteiger partial charge >= 0.3 is 5.69 Å². The predicted molar refractivity (Wildman–Crippen MR) is 67.2 cm³/mol. The van der Waals surface area contributed by atoms with Gasteiger partial charge in [0.25, 0.3) is 5.56 Å². The lowest BCUT2D eigenvalue weighted by molar-refractivity contribution is -0.108. The van der Waals surface area contributed by atoms with Crippen LogP contribution in [0.3, 0.4) is 0 Å². The average Bonchev–Trinajstić information content (AvgIpc) is 2.31. The molecule has 17 heavy (non-hydrogen) atoms. The van der Waals surface area contributed by atoms with Crippen molar-refractivity contribution < 1.29 is 4.79 Å². The van der Waals surface area contributed by atoms with E-state index in [-0.39, 0.29) is 6.54 Å². The molecule has 0 radical (unpaired) electrons. The molecule has 0 atom stereocenters. The largest absolute Gasteiger partial charge is 0.331 e. The fourth-order valence-corrected chi connectivity index (χ4v) is 2.41. The molecule has 0 unspecified atom stereocenters. The minimum atomic E-state index is -0.499. The molecule has 6 heteroatoms. The Balaban J connectivity index is 3.06.